The molecule has 1 aromatic carbocycles. The summed E-state index contributed by atoms with van der Waals surface area (Å²) in [6.07, 6.45) is 3.46. The Hall–Kier alpha value is -1.84. The van der Waals surface area contributed by atoms with E-state index in [1.165, 1.54) is 6.07 Å². The summed E-state index contributed by atoms with van der Waals surface area (Å²) in [5.41, 5.74) is 8.38. The first kappa shape index (κ1) is 10.7. The van der Waals surface area contributed by atoms with E-state index < -0.39 is 0 Å². The van der Waals surface area contributed by atoms with Crippen LogP contribution in [0.15, 0.2) is 24.5 Å². The lowest BCUT2D eigenvalue weighted by molar-refractivity contribution is 0.630. The van der Waals surface area contributed by atoms with E-state index in [2.05, 4.69) is 5.10 Å². The van der Waals surface area contributed by atoms with Gasteiger partial charge >= 0.3 is 0 Å². The zero-order valence-corrected chi connectivity index (χ0v) is 9.37. The van der Waals surface area contributed by atoms with Gasteiger partial charge in [-0.15, -0.1) is 0 Å². The summed E-state index contributed by atoms with van der Waals surface area (Å²) in [5.74, 6) is -0.262. The molecule has 0 aliphatic carbocycles. The van der Waals surface area contributed by atoms with Crippen LogP contribution >= 0.6 is 0 Å². The van der Waals surface area contributed by atoms with Crippen LogP contribution < -0.4 is 5.73 Å². The Kier molecular flexibility index (Phi) is 2.64. The van der Waals surface area contributed by atoms with Crippen LogP contribution in [0.4, 0.5) is 10.1 Å². The molecule has 0 fully saturated rings. The minimum absolute atomic E-state index is 0.262. The number of aryl methyl sites for hydroxylation is 2. The van der Waals surface area contributed by atoms with Crippen LogP contribution in [0.1, 0.15) is 12.5 Å². The molecule has 2 aromatic rings. The lowest BCUT2D eigenvalue weighted by atomic mass is 10.1. The summed E-state index contributed by atoms with van der Waals surface area (Å²) in [5, 5.41) is 4.11. The summed E-state index contributed by atoms with van der Waals surface area (Å²) >= 11 is 0. The summed E-state index contributed by atoms with van der Waals surface area (Å²) in [6, 6.07) is 3.11. The number of nitrogen functional groups attached to an aromatic ring is 1. The average Bonchev–Trinajstić information content (AvgIpc) is 2.71. The maximum atomic E-state index is 13.7. The number of nitrogens with two attached hydrogens (primary N) is 1. The second kappa shape index (κ2) is 3.96. The van der Waals surface area contributed by atoms with Crippen molar-refractivity contribution in [2.75, 3.05) is 5.73 Å². The van der Waals surface area contributed by atoms with Gasteiger partial charge in [0.1, 0.15) is 5.82 Å². The van der Waals surface area contributed by atoms with Gasteiger partial charge < -0.3 is 5.73 Å². The molecule has 0 saturated heterocycles. The van der Waals surface area contributed by atoms with Gasteiger partial charge in [0.15, 0.2) is 0 Å². The van der Waals surface area contributed by atoms with E-state index in [1.54, 1.807) is 23.9 Å². The molecule has 84 valence electrons. The summed E-state index contributed by atoms with van der Waals surface area (Å²) in [6.45, 7) is 4.54. The van der Waals surface area contributed by atoms with E-state index in [1.807, 2.05) is 13.1 Å². The topological polar surface area (TPSA) is 43.8 Å². The molecule has 2 rings (SSSR count). The third kappa shape index (κ3) is 1.78. The Morgan fingerprint density at radius 3 is 2.81 bits per heavy atom. The molecule has 0 radical (unpaired) electrons. The van der Waals surface area contributed by atoms with Gasteiger partial charge in [0, 0.05) is 29.6 Å². The Balaban J connectivity index is 2.51. The van der Waals surface area contributed by atoms with Crippen molar-refractivity contribution in [3.05, 3.63) is 35.9 Å². The van der Waals surface area contributed by atoms with Crippen molar-refractivity contribution < 1.29 is 4.39 Å². The molecule has 2 N–H and O–H groups in total. The standard InChI is InChI=1S/C12H14FN3/c1-3-16-7-9(6-15-16)10-5-12(14)8(2)4-11(10)13/h4-7H,3,14H2,1-2H3. The minimum Gasteiger partial charge on any atom is -0.398 e. The fraction of sp³-hybridized carbons (Fsp3) is 0.250. The largest absolute Gasteiger partial charge is 0.398 e. The average molecular weight is 219 g/mol. The number of rotatable bonds is 2. The van der Waals surface area contributed by atoms with Gasteiger partial charge in [0.25, 0.3) is 0 Å². The first-order chi connectivity index (χ1) is 7.61. The van der Waals surface area contributed by atoms with Crippen molar-refractivity contribution in [1.29, 1.82) is 0 Å². The Morgan fingerprint density at radius 2 is 2.19 bits per heavy atom. The first-order valence-corrected chi connectivity index (χ1v) is 5.20. The van der Waals surface area contributed by atoms with E-state index in [9.17, 15) is 4.39 Å². The highest BCUT2D eigenvalue weighted by atomic mass is 19.1. The van der Waals surface area contributed by atoms with Crippen LogP contribution in [0.5, 0.6) is 0 Å². The summed E-state index contributed by atoms with van der Waals surface area (Å²) in [7, 11) is 0. The second-order valence-electron chi connectivity index (χ2n) is 3.77. The molecular formula is C12H14FN3. The summed E-state index contributed by atoms with van der Waals surface area (Å²) in [4.78, 5) is 0. The SMILES string of the molecule is CCn1cc(-c2cc(N)c(C)cc2F)cn1. The third-order valence-electron chi connectivity index (χ3n) is 2.62. The zero-order valence-electron chi connectivity index (χ0n) is 9.37. The van der Waals surface area contributed by atoms with Crippen molar-refractivity contribution in [1.82, 2.24) is 9.78 Å². The molecule has 0 amide bonds. The van der Waals surface area contributed by atoms with Crippen LogP contribution in [-0.4, -0.2) is 9.78 Å². The van der Waals surface area contributed by atoms with Gasteiger partial charge in [0.2, 0.25) is 0 Å². The van der Waals surface area contributed by atoms with Crippen LogP contribution in [-0.2, 0) is 6.54 Å². The Labute approximate surface area is 93.7 Å². The van der Waals surface area contributed by atoms with Crippen molar-refractivity contribution in [2.45, 2.75) is 20.4 Å². The fourth-order valence-electron chi connectivity index (χ4n) is 1.59. The van der Waals surface area contributed by atoms with E-state index in [-0.39, 0.29) is 5.82 Å². The molecule has 0 spiro atoms. The third-order valence-corrected chi connectivity index (χ3v) is 2.62. The number of benzene rings is 1. The monoisotopic (exact) mass is 219 g/mol. The predicted octanol–water partition coefficient (Wildman–Crippen LogP) is 2.60. The number of aromatic nitrogens is 2. The first-order valence-electron chi connectivity index (χ1n) is 5.20. The predicted molar refractivity (Wildman–Crippen MR) is 62.4 cm³/mol. The highest BCUT2D eigenvalue weighted by molar-refractivity contribution is 5.68. The molecule has 3 nitrogen and oxygen atoms in total. The Bertz CT molecular complexity index is 517. The molecular weight excluding hydrogens is 205 g/mol. The Morgan fingerprint density at radius 1 is 1.44 bits per heavy atom. The number of anilines is 1. The zero-order chi connectivity index (χ0) is 11.7. The summed E-state index contributed by atoms with van der Waals surface area (Å²) < 4.78 is 15.5. The number of hydrogen-bond donors (Lipinski definition) is 1. The highest BCUT2D eigenvalue weighted by Gasteiger charge is 2.09. The van der Waals surface area contributed by atoms with Crippen LogP contribution in [0, 0.1) is 12.7 Å². The lowest BCUT2D eigenvalue weighted by Crippen LogP contribution is -1.94. The van der Waals surface area contributed by atoms with Crippen molar-refractivity contribution in [3.8, 4) is 11.1 Å². The molecule has 1 aromatic heterocycles. The number of halogens is 1. The lowest BCUT2D eigenvalue weighted by Gasteiger charge is -2.05. The number of nitrogens with zero attached hydrogens (tertiary/aromatic N) is 2. The molecule has 0 bridgehead atoms. The van der Waals surface area contributed by atoms with Gasteiger partial charge in [-0.3, -0.25) is 4.68 Å². The quantitative estimate of drug-likeness (QED) is 0.789. The smallest absolute Gasteiger partial charge is 0.131 e. The normalized spacial score (nSPS) is 10.7. The van der Waals surface area contributed by atoms with Gasteiger partial charge in [-0.1, -0.05) is 0 Å². The molecule has 4 heteroatoms. The number of hydrogen-bond acceptors (Lipinski definition) is 2. The molecule has 0 aliphatic rings. The minimum atomic E-state index is -0.262. The van der Waals surface area contributed by atoms with Crippen LogP contribution in [0.2, 0.25) is 0 Å². The van der Waals surface area contributed by atoms with E-state index in [0.717, 1.165) is 17.7 Å². The molecule has 16 heavy (non-hydrogen) atoms. The maximum absolute atomic E-state index is 13.7. The van der Waals surface area contributed by atoms with Crippen LogP contribution in [0.25, 0.3) is 11.1 Å². The second-order valence-corrected chi connectivity index (χ2v) is 3.77. The van der Waals surface area contributed by atoms with E-state index in [0.29, 0.717) is 11.3 Å². The van der Waals surface area contributed by atoms with E-state index in [4.69, 9.17) is 5.73 Å². The van der Waals surface area contributed by atoms with Crippen molar-refractivity contribution >= 4 is 5.69 Å². The van der Waals surface area contributed by atoms with Gasteiger partial charge in [-0.25, -0.2) is 4.39 Å². The fourth-order valence-corrected chi connectivity index (χ4v) is 1.59. The molecule has 0 unspecified atom stereocenters. The van der Waals surface area contributed by atoms with Crippen molar-refractivity contribution in [2.24, 2.45) is 0 Å². The van der Waals surface area contributed by atoms with Gasteiger partial charge in [-0.05, 0) is 31.5 Å². The maximum Gasteiger partial charge on any atom is 0.131 e. The molecule has 0 saturated carbocycles. The molecule has 0 atom stereocenters. The van der Waals surface area contributed by atoms with Crippen molar-refractivity contribution in [3.63, 3.8) is 0 Å². The molecule has 0 aliphatic heterocycles. The highest BCUT2D eigenvalue weighted by Crippen LogP contribution is 2.26. The molecule has 1 heterocycles. The van der Waals surface area contributed by atoms with Gasteiger partial charge in [-0.2, -0.15) is 5.10 Å². The van der Waals surface area contributed by atoms with Crippen LogP contribution in [0.3, 0.4) is 0 Å². The van der Waals surface area contributed by atoms with E-state index >= 15 is 0 Å². The van der Waals surface area contributed by atoms with Gasteiger partial charge in [0.05, 0.1) is 6.20 Å².